The summed E-state index contributed by atoms with van der Waals surface area (Å²) in [6.07, 6.45) is 7.17. The maximum Gasteiger partial charge on any atom is 0.243 e. The molecule has 1 fully saturated rings. The lowest BCUT2D eigenvalue weighted by atomic mass is 10.1. The van der Waals surface area contributed by atoms with Crippen LogP contribution in [0.3, 0.4) is 0 Å². The molecule has 1 amide bonds. The Morgan fingerprint density at radius 3 is 2.50 bits per heavy atom. The Labute approximate surface area is 200 Å². The van der Waals surface area contributed by atoms with E-state index in [1.807, 2.05) is 30.3 Å². The Bertz CT molecular complexity index is 1190. The number of hydrogen-bond donors (Lipinski definition) is 1. The van der Waals surface area contributed by atoms with Gasteiger partial charge in [0.1, 0.15) is 12.4 Å². The number of piperidine rings is 1. The van der Waals surface area contributed by atoms with Crippen LogP contribution < -0.4 is 10.1 Å². The van der Waals surface area contributed by atoms with Crippen molar-refractivity contribution < 1.29 is 17.9 Å². The van der Waals surface area contributed by atoms with Gasteiger partial charge in [-0.2, -0.15) is 4.31 Å². The highest BCUT2D eigenvalue weighted by atomic mass is 32.2. The molecule has 7 nitrogen and oxygen atoms in total. The van der Waals surface area contributed by atoms with E-state index in [9.17, 15) is 13.2 Å². The molecule has 1 aliphatic heterocycles. The highest BCUT2D eigenvalue weighted by Crippen LogP contribution is 2.22. The average molecular weight is 480 g/mol. The van der Waals surface area contributed by atoms with Crippen molar-refractivity contribution in [3.63, 3.8) is 0 Å². The lowest BCUT2D eigenvalue weighted by Crippen LogP contribution is -2.35. The molecule has 34 heavy (non-hydrogen) atoms. The van der Waals surface area contributed by atoms with E-state index in [1.165, 1.54) is 0 Å². The molecule has 4 rings (SSSR count). The van der Waals surface area contributed by atoms with Crippen LogP contribution in [0.15, 0.2) is 78.0 Å². The molecule has 1 aliphatic rings. The second-order valence-corrected chi connectivity index (χ2v) is 10.3. The minimum absolute atomic E-state index is 0.116. The summed E-state index contributed by atoms with van der Waals surface area (Å²) in [6, 6.07) is 17.9. The molecule has 0 spiro atoms. The number of amides is 1. The SMILES string of the molecule is O=C(CCc1ccc(S(=O)(=O)N2CCCCC2)cc1)Nc1cccc(OCc2cccnc2)c1. The Balaban J connectivity index is 1.27. The summed E-state index contributed by atoms with van der Waals surface area (Å²) in [5.74, 6) is 0.543. The molecule has 0 aliphatic carbocycles. The Kier molecular flexibility index (Phi) is 7.92. The third kappa shape index (κ3) is 6.42. The van der Waals surface area contributed by atoms with E-state index in [0.29, 0.717) is 48.9 Å². The summed E-state index contributed by atoms with van der Waals surface area (Å²) in [4.78, 5) is 16.8. The van der Waals surface area contributed by atoms with Gasteiger partial charge in [-0.3, -0.25) is 9.78 Å². The number of sulfonamides is 1. The predicted octanol–water partition coefficient (Wildman–Crippen LogP) is 4.41. The maximum absolute atomic E-state index is 12.8. The maximum atomic E-state index is 12.8. The second kappa shape index (κ2) is 11.3. The molecule has 2 aromatic carbocycles. The van der Waals surface area contributed by atoms with Crippen LogP contribution in [0.25, 0.3) is 0 Å². The van der Waals surface area contributed by atoms with Crippen molar-refractivity contribution in [2.24, 2.45) is 0 Å². The molecule has 0 unspecified atom stereocenters. The van der Waals surface area contributed by atoms with Gasteiger partial charge in [0.25, 0.3) is 0 Å². The first-order valence-corrected chi connectivity index (χ1v) is 13.0. The van der Waals surface area contributed by atoms with E-state index >= 15 is 0 Å². The van der Waals surface area contributed by atoms with E-state index in [1.54, 1.807) is 47.0 Å². The lowest BCUT2D eigenvalue weighted by Gasteiger charge is -2.25. The Morgan fingerprint density at radius 2 is 1.76 bits per heavy atom. The van der Waals surface area contributed by atoms with E-state index < -0.39 is 10.0 Å². The largest absolute Gasteiger partial charge is 0.489 e. The first-order chi connectivity index (χ1) is 16.5. The first kappa shape index (κ1) is 23.9. The zero-order chi connectivity index (χ0) is 23.8. The minimum Gasteiger partial charge on any atom is -0.489 e. The standard InChI is InChI=1S/C26H29N3O4S/c30-26(28-23-7-4-8-24(18-23)33-20-22-6-5-15-27-19-22)14-11-21-9-12-25(13-10-21)34(31,32)29-16-2-1-3-17-29/h4-10,12-13,15,18-19H,1-3,11,14,16-17,20H2,(H,28,30). The number of nitrogens with zero attached hydrogens (tertiary/aromatic N) is 2. The molecule has 0 atom stereocenters. The van der Waals surface area contributed by atoms with Crippen molar-refractivity contribution in [3.05, 3.63) is 84.2 Å². The summed E-state index contributed by atoms with van der Waals surface area (Å²) in [7, 11) is -3.44. The molecule has 0 saturated carbocycles. The number of aryl methyl sites for hydroxylation is 1. The third-order valence-electron chi connectivity index (χ3n) is 5.76. The molecule has 178 valence electrons. The van der Waals surface area contributed by atoms with Crippen LogP contribution in [-0.2, 0) is 27.8 Å². The third-order valence-corrected chi connectivity index (χ3v) is 7.68. The monoisotopic (exact) mass is 479 g/mol. The van der Waals surface area contributed by atoms with E-state index in [2.05, 4.69) is 10.3 Å². The first-order valence-electron chi connectivity index (χ1n) is 11.5. The van der Waals surface area contributed by atoms with Crippen LogP contribution in [0.5, 0.6) is 5.75 Å². The van der Waals surface area contributed by atoms with Gasteiger partial charge in [0, 0.05) is 49.2 Å². The van der Waals surface area contributed by atoms with Crippen molar-refractivity contribution in [3.8, 4) is 5.75 Å². The molecule has 1 saturated heterocycles. The molecule has 2 heterocycles. The Morgan fingerprint density at radius 1 is 0.971 bits per heavy atom. The van der Waals surface area contributed by atoms with Gasteiger partial charge in [0.2, 0.25) is 15.9 Å². The minimum atomic E-state index is -3.44. The van der Waals surface area contributed by atoms with Crippen LogP contribution in [0.2, 0.25) is 0 Å². The van der Waals surface area contributed by atoms with E-state index in [-0.39, 0.29) is 5.91 Å². The number of pyridine rings is 1. The van der Waals surface area contributed by atoms with Gasteiger partial charge in [-0.1, -0.05) is 30.7 Å². The van der Waals surface area contributed by atoms with Crippen molar-refractivity contribution in [2.45, 2.75) is 43.6 Å². The van der Waals surface area contributed by atoms with Crippen LogP contribution in [0.1, 0.15) is 36.8 Å². The molecule has 3 aromatic rings. The van der Waals surface area contributed by atoms with Gasteiger partial charge in [0.05, 0.1) is 4.90 Å². The molecule has 1 aromatic heterocycles. The number of carbonyl (C=O) groups is 1. The van der Waals surface area contributed by atoms with Crippen LogP contribution in [-0.4, -0.2) is 36.7 Å². The number of benzene rings is 2. The van der Waals surface area contributed by atoms with Gasteiger partial charge >= 0.3 is 0 Å². The number of nitrogens with one attached hydrogen (secondary N) is 1. The number of rotatable bonds is 9. The fourth-order valence-corrected chi connectivity index (χ4v) is 5.39. The van der Waals surface area contributed by atoms with Gasteiger partial charge < -0.3 is 10.1 Å². The highest BCUT2D eigenvalue weighted by Gasteiger charge is 2.25. The quantitative estimate of drug-likeness (QED) is 0.491. The van der Waals surface area contributed by atoms with Crippen LogP contribution in [0, 0.1) is 0 Å². The van der Waals surface area contributed by atoms with Crippen LogP contribution >= 0.6 is 0 Å². The summed E-state index contributed by atoms with van der Waals surface area (Å²) in [5.41, 5.74) is 2.55. The molecule has 0 bridgehead atoms. The van der Waals surface area contributed by atoms with Crippen molar-refractivity contribution >= 4 is 21.6 Å². The van der Waals surface area contributed by atoms with E-state index in [0.717, 1.165) is 30.4 Å². The van der Waals surface area contributed by atoms with Gasteiger partial charge in [-0.05, 0) is 55.2 Å². The Hall–Kier alpha value is -3.23. The topological polar surface area (TPSA) is 88.6 Å². The van der Waals surface area contributed by atoms with Gasteiger partial charge in [-0.15, -0.1) is 0 Å². The molecule has 8 heteroatoms. The van der Waals surface area contributed by atoms with Crippen molar-refractivity contribution in [2.75, 3.05) is 18.4 Å². The molecule has 1 N–H and O–H groups in total. The van der Waals surface area contributed by atoms with Crippen LogP contribution in [0.4, 0.5) is 5.69 Å². The van der Waals surface area contributed by atoms with E-state index in [4.69, 9.17) is 4.74 Å². The zero-order valence-electron chi connectivity index (χ0n) is 19.0. The fourth-order valence-electron chi connectivity index (χ4n) is 3.88. The smallest absolute Gasteiger partial charge is 0.243 e. The molecular weight excluding hydrogens is 450 g/mol. The van der Waals surface area contributed by atoms with Crippen molar-refractivity contribution in [1.29, 1.82) is 0 Å². The fraction of sp³-hybridized carbons (Fsp3) is 0.308. The highest BCUT2D eigenvalue weighted by molar-refractivity contribution is 7.89. The number of ether oxygens (including phenoxy) is 1. The van der Waals surface area contributed by atoms with Gasteiger partial charge in [0.15, 0.2) is 0 Å². The predicted molar refractivity (Wildman–Crippen MR) is 131 cm³/mol. The average Bonchev–Trinajstić information content (AvgIpc) is 2.88. The summed E-state index contributed by atoms with van der Waals surface area (Å²) < 4.78 is 32.9. The lowest BCUT2D eigenvalue weighted by molar-refractivity contribution is -0.116. The second-order valence-electron chi connectivity index (χ2n) is 8.33. The number of carbonyl (C=O) groups excluding carboxylic acids is 1. The van der Waals surface area contributed by atoms with Gasteiger partial charge in [-0.25, -0.2) is 8.42 Å². The number of aromatic nitrogens is 1. The number of hydrogen-bond acceptors (Lipinski definition) is 5. The normalized spacial score (nSPS) is 14.5. The molecular formula is C26H29N3O4S. The summed E-state index contributed by atoms with van der Waals surface area (Å²) in [5, 5.41) is 2.90. The van der Waals surface area contributed by atoms with Crippen molar-refractivity contribution in [1.82, 2.24) is 9.29 Å². The summed E-state index contributed by atoms with van der Waals surface area (Å²) >= 11 is 0. The summed E-state index contributed by atoms with van der Waals surface area (Å²) in [6.45, 7) is 1.56. The number of anilines is 1. The molecule has 0 radical (unpaired) electrons. The zero-order valence-corrected chi connectivity index (χ0v) is 19.8.